The molecule has 0 aliphatic heterocycles. The van der Waals surface area contributed by atoms with Crippen LogP contribution in [0.3, 0.4) is 0 Å². The van der Waals surface area contributed by atoms with E-state index in [9.17, 15) is 23.6 Å². The molecule has 1 unspecified atom stereocenters. The Kier molecular flexibility index (Phi) is 5.66. The van der Waals surface area contributed by atoms with Crippen LogP contribution in [0.1, 0.15) is 21.4 Å². The molecule has 3 rings (SSSR count). The van der Waals surface area contributed by atoms with Crippen molar-refractivity contribution in [2.24, 2.45) is 0 Å². The van der Waals surface area contributed by atoms with E-state index in [2.05, 4.69) is 4.72 Å². The number of nitro groups is 1. The molecule has 0 aliphatic rings. The molecule has 0 radical (unpaired) electrons. The zero-order valence-electron chi connectivity index (χ0n) is 14.0. The van der Waals surface area contributed by atoms with Gasteiger partial charge in [0.25, 0.3) is 5.69 Å². The second kappa shape index (κ2) is 7.97. The van der Waals surface area contributed by atoms with Crippen molar-refractivity contribution in [1.82, 2.24) is 4.72 Å². The van der Waals surface area contributed by atoms with Gasteiger partial charge in [0.1, 0.15) is 6.10 Å². The van der Waals surface area contributed by atoms with Gasteiger partial charge in [0.15, 0.2) is 4.90 Å². The van der Waals surface area contributed by atoms with Gasteiger partial charge in [-0.15, -0.1) is 11.3 Å². The van der Waals surface area contributed by atoms with Crippen LogP contribution in [0.2, 0.25) is 0 Å². The number of sulfonamides is 1. The average molecular weight is 404 g/mol. The normalized spacial score (nSPS) is 12.6. The summed E-state index contributed by atoms with van der Waals surface area (Å²) in [6.45, 7) is -0.0272. The van der Waals surface area contributed by atoms with Crippen molar-refractivity contribution in [2.45, 2.75) is 17.5 Å². The van der Waals surface area contributed by atoms with Crippen LogP contribution < -0.4 is 4.72 Å². The maximum atomic E-state index is 12.4. The van der Waals surface area contributed by atoms with Crippen LogP contribution in [0.4, 0.5) is 5.69 Å². The van der Waals surface area contributed by atoms with Crippen molar-refractivity contribution in [3.8, 4) is 0 Å². The van der Waals surface area contributed by atoms with Crippen molar-refractivity contribution in [2.75, 3.05) is 0 Å². The Morgan fingerprint density at radius 3 is 2.41 bits per heavy atom. The lowest BCUT2D eigenvalue weighted by molar-refractivity contribution is -0.387. The summed E-state index contributed by atoms with van der Waals surface area (Å²) < 4.78 is 27.2. The number of rotatable bonds is 7. The summed E-state index contributed by atoms with van der Waals surface area (Å²) in [7, 11) is -4.04. The molecule has 1 aromatic heterocycles. The number of aliphatic hydroxyl groups is 1. The van der Waals surface area contributed by atoms with Crippen molar-refractivity contribution >= 4 is 27.0 Å². The largest absolute Gasteiger partial charge is 0.383 e. The number of hydrogen-bond acceptors (Lipinski definition) is 6. The number of hydrogen-bond donors (Lipinski definition) is 2. The third-order valence-corrected chi connectivity index (χ3v) is 6.44. The van der Waals surface area contributed by atoms with Crippen molar-refractivity contribution in [1.29, 1.82) is 0 Å². The fraction of sp³-hybridized carbons (Fsp3) is 0.111. The van der Waals surface area contributed by atoms with Crippen molar-refractivity contribution in [3.63, 3.8) is 0 Å². The first-order chi connectivity index (χ1) is 12.9. The Morgan fingerprint density at radius 2 is 1.70 bits per heavy atom. The molecule has 3 aromatic rings. The Balaban J connectivity index is 1.74. The maximum Gasteiger partial charge on any atom is 0.289 e. The lowest BCUT2D eigenvalue weighted by atomic mass is 10.1. The summed E-state index contributed by atoms with van der Waals surface area (Å²) in [5, 5.41) is 21.4. The molecule has 2 N–H and O–H groups in total. The minimum Gasteiger partial charge on any atom is -0.383 e. The van der Waals surface area contributed by atoms with Crippen LogP contribution >= 0.6 is 11.3 Å². The highest BCUT2D eigenvalue weighted by molar-refractivity contribution is 7.89. The number of aliphatic hydroxyl groups excluding tert-OH is 1. The molecule has 0 spiro atoms. The third-order valence-electron chi connectivity index (χ3n) is 3.86. The zero-order valence-corrected chi connectivity index (χ0v) is 15.6. The summed E-state index contributed by atoms with van der Waals surface area (Å²) in [6.07, 6.45) is -0.795. The molecule has 0 aliphatic carbocycles. The standard InChI is InChI=1S/C18H16N2O5S2/c21-18(13-6-2-1-3-7-13)16-11-10-14(26-16)12-19-27(24,25)17-9-5-4-8-15(17)20(22)23/h1-11,18-19,21H,12H2. The summed E-state index contributed by atoms with van der Waals surface area (Å²) in [5.74, 6) is 0. The van der Waals surface area contributed by atoms with Crippen LogP contribution in [-0.2, 0) is 16.6 Å². The first-order valence-electron chi connectivity index (χ1n) is 7.93. The first kappa shape index (κ1) is 19.2. The monoisotopic (exact) mass is 404 g/mol. The van der Waals surface area contributed by atoms with E-state index in [1.165, 1.54) is 29.5 Å². The third kappa shape index (κ3) is 4.40. The fourth-order valence-electron chi connectivity index (χ4n) is 2.52. The lowest BCUT2D eigenvalue weighted by Gasteiger charge is -2.08. The maximum absolute atomic E-state index is 12.4. The Hall–Kier alpha value is -2.59. The fourth-order valence-corrected chi connectivity index (χ4v) is 4.75. The lowest BCUT2D eigenvalue weighted by Crippen LogP contribution is -2.23. The van der Waals surface area contributed by atoms with E-state index in [1.807, 2.05) is 18.2 Å². The van der Waals surface area contributed by atoms with Crippen LogP contribution in [-0.4, -0.2) is 18.4 Å². The number of nitrogens with zero attached hydrogens (tertiary/aromatic N) is 1. The molecule has 140 valence electrons. The van der Waals surface area contributed by atoms with Gasteiger partial charge in [-0.3, -0.25) is 10.1 Å². The Bertz CT molecular complexity index is 1050. The van der Waals surface area contributed by atoms with Crippen LogP contribution in [0.15, 0.2) is 71.6 Å². The molecular weight excluding hydrogens is 388 g/mol. The van der Waals surface area contributed by atoms with Gasteiger partial charge in [-0.2, -0.15) is 0 Å². The number of thiophene rings is 1. The summed E-state index contributed by atoms with van der Waals surface area (Å²) >= 11 is 1.27. The van der Waals surface area contributed by atoms with Gasteiger partial charge >= 0.3 is 0 Å². The van der Waals surface area contributed by atoms with Gasteiger partial charge in [0.05, 0.1) is 4.92 Å². The van der Waals surface area contributed by atoms with Gasteiger partial charge in [0, 0.05) is 22.4 Å². The van der Waals surface area contributed by atoms with E-state index in [1.54, 1.807) is 24.3 Å². The van der Waals surface area contributed by atoms with Gasteiger partial charge < -0.3 is 5.11 Å². The molecule has 27 heavy (non-hydrogen) atoms. The molecule has 0 bridgehead atoms. The number of para-hydroxylation sites is 1. The minimum absolute atomic E-state index is 0.0272. The highest BCUT2D eigenvalue weighted by Crippen LogP contribution is 2.29. The van der Waals surface area contributed by atoms with E-state index in [0.29, 0.717) is 9.75 Å². The van der Waals surface area contributed by atoms with E-state index >= 15 is 0 Å². The average Bonchev–Trinajstić information content (AvgIpc) is 3.15. The quantitative estimate of drug-likeness (QED) is 0.464. The number of nitro benzene ring substituents is 1. The molecule has 2 aromatic carbocycles. The van der Waals surface area contributed by atoms with Crippen LogP contribution in [0, 0.1) is 10.1 Å². The summed E-state index contributed by atoms with van der Waals surface area (Å²) in [6, 6.07) is 17.8. The van der Waals surface area contributed by atoms with Crippen molar-refractivity contribution < 1.29 is 18.4 Å². The number of benzene rings is 2. The number of nitrogens with one attached hydrogen (secondary N) is 1. The van der Waals surface area contributed by atoms with Crippen LogP contribution in [0.5, 0.6) is 0 Å². The van der Waals surface area contributed by atoms with Crippen LogP contribution in [0.25, 0.3) is 0 Å². The van der Waals surface area contributed by atoms with Gasteiger partial charge in [0.2, 0.25) is 10.0 Å². The second-order valence-corrected chi connectivity index (χ2v) is 8.60. The second-order valence-electron chi connectivity index (χ2n) is 5.67. The Morgan fingerprint density at radius 1 is 1.04 bits per heavy atom. The minimum atomic E-state index is -4.04. The zero-order chi connectivity index (χ0) is 19.4. The highest BCUT2D eigenvalue weighted by Gasteiger charge is 2.25. The molecule has 0 saturated heterocycles. The predicted molar refractivity (Wildman–Crippen MR) is 102 cm³/mol. The highest BCUT2D eigenvalue weighted by atomic mass is 32.2. The van der Waals surface area contributed by atoms with E-state index < -0.39 is 26.7 Å². The molecule has 9 heteroatoms. The molecular formula is C18H16N2O5S2. The molecule has 7 nitrogen and oxygen atoms in total. The molecule has 1 atom stereocenters. The van der Waals surface area contributed by atoms with E-state index in [-0.39, 0.29) is 11.4 Å². The topological polar surface area (TPSA) is 110 Å². The molecule has 0 fully saturated rings. The molecule has 0 saturated carbocycles. The predicted octanol–water partition coefficient (Wildman–Crippen LogP) is 3.22. The molecule has 1 heterocycles. The first-order valence-corrected chi connectivity index (χ1v) is 10.2. The van der Waals surface area contributed by atoms with Crippen molar-refractivity contribution in [3.05, 3.63) is 92.2 Å². The van der Waals surface area contributed by atoms with E-state index in [4.69, 9.17) is 0 Å². The Labute approximate surface area is 160 Å². The van der Waals surface area contributed by atoms with E-state index in [0.717, 1.165) is 11.6 Å². The molecule has 0 amide bonds. The van der Waals surface area contributed by atoms with Gasteiger partial charge in [-0.05, 0) is 23.8 Å². The smallest absolute Gasteiger partial charge is 0.289 e. The van der Waals surface area contributed by atoms with Gasteiger partial charge in [-0.1, -0.05) is 42.5 Å². The SMILES string of the molecule is O=[N+]([O-])c1ccccc1S(=O)(=O)NCc1ccc(C(O)c2ccccc2)s1. The summed E-state index contributed by atoms with van der Waals surface area (Å²) in [5.41, 5.74) is 0.266. The van der Waals surface area contributed by atoms with Gasteiger partial charge in [-0.25, -0.2) is 13.1 Å². The summed E-state index contributed by atoms with van der Waals surface area (Å²) in [4.78, 5) is 11.3.